The van der Waals surface area contributed by atoms with Gasteiger partial charge in [0.15, 0.2) is 11.7 Å². The number of carbonyl (C=O) groups excluding carboxylic acids is 1. The van der Waals surface area contributed by atoms with Crippen molar-refractivity contribution in [3.63, 3.8) is 0 Å². The van der Waals surface area contributed by atoms with Crippen molar-refractivity contribution in [3.05, 3.63) is 95.1 Å². The fourth-order valence-electron chi connectivity index (χ4n) is 4.56. The Hall–Kier alpha value is -3.96. The molecular weight excluding hydrogens is 472 g/mol. The highest BCUT2D eigenvalue weighted by molar-refractivity contribution is 5.96. The number of esters is 1. The molecule has 0 amide bonds. The van der Waals surface area contributed by atoms with E-state index in [1.54, 1.807) is 48.5 Å². The average molecular weight is 494 g/mol. The van der Waals surface area contributed by atoms with E-state index in [0.717, 1.165) is 0 Å². The summed E-state index contributed by atoms with van der Waals surface area (Å²) < 4.78 is 16.7. The smallest absolute Gasteiger partial charge is 0.340 e. The van der Waals surface area contributed by atoms with Crippen molar-refractivity contribution in [2.75, 3.05) is 0 Å². The number of hydrogen-bond donors (Lipinski definition) is 5. The van der Waals surface area contributed by atoms with E-state index in [2.05, 4.69) is 0 Å². The topological polar surface area (TPSA) is 163 Å². The quantitative estimate of drug-likeness (QED) is 0.325. The van der Waals surface area contributed by atoms with Crippen LogP contribution in [0.5, 0.6) is 11.5 Å². The Balaban J connectivity index is 1.50. The second-order valence-corrected chi connectivity index (χ2v) is 8.54. The zero-order chi connectivity index (χ0) is 25.6. The molecule has 2 heterocycles. The van der Waals surface area contributed by atoms with Crippen LogP contribution in [0.3, 0.4) is 0 Å². The number of aromatic hydroxyl groups is 1. The maximum atomic E-state index is 12.8. The average Bonchev–Trinajstić information content (AvgIpc) is 3.18. The van der Waals surface area contributed by atoms with Crippen molar-refractivity contribution < 1.29 is 49.3 Å². The minimum atomic E-state index is -1.83. The molecule has 0 aliphatic carbocycles. The number of rotatable bonds is 5. The van der Waals surface area contributed by atoms with Gasteiger partial charge >= 0.3 is 11.9 Å². The van der Waals surface area contributed by atoms with E-state index >= 15 is 0 Å². The van der Waals surface area contributed by atoms with Gasteiger partial charge in [0.25, 0.3) is 0 Å². The van der Waals surface area contributed by atoms with Crippen LogP contribution >= 0.6 is 0 Å². The lowest BCUT2D eigenvalue weighted by atomic mass is 9.80. The van der Waals surface area contributed by atoms with Crippen LogP contribution in [0.25, 0.3) is 0 Å². The number of cyclic esters (lactones) is 1. The second-order valence-electron chi connectivity index (χ2n) is 8.54. The zero-order valence-corrected chi connectivity index (χ0v) is 18.6. The number of carboxylic acid groups (broad SMARTS) is 1. The van der Waals surface area contributed by atoms with Crippen molar-refractivity contribution in [3.8, 4) is 11.5 Å². The molecule has 2 aliphatic rings. The lowest BCUT2D eigenvalue weighted by Gasteiger charge is -2.38. The zero-order valence-electron chi connectivity index (χ0n) is 18.6. The van der Waals surface area contributed by atoms with E-state index in [9.17, 15) is 35.1 Å². The van der Waals surface area contributed by atoms with E-state index < -0.39 is 48.2 Å². The molecule has 6 atom stereocenters. The lowest BCUT2D eigenvalue weighted by Crippen LogP contribution is -2.61. The number of aliphatic hydroxyl groups excluding tert-OH is 3. The molecule has 2 aliphatic heterocycles. The van der Waals surface area contributed by atoms with E-state index in [-0.39, 0.29) is 11.5 Å². The molecule has 0 aromatic heterocycles. The number of benzene rings is 3. The molecular formula is C26H22O10. The van der Waals surface area contributed by atoms with Gasteiger partial charge in [-0.3, -0.25) is 0 Å². The summed E-state index contributed by atoms with van der Waals surface area (Å²) in [6.45, 7) is 0. The normalized spacial score (nSPS) is 29.3. The molecule has 5 rings (SSSR count). The standard InChI is InChI=1S/C26H22O10/c27-15-9-5-13(6-10-15)26(18-4-2-1-3-17(18)24(33)36-26)14-7-11-16(12-8-14)34-25-21(30)19(28)20(29)22(35-25)23(31)32/h1-12,19-22,25,27-30H,(H,31,32)/t19-,20+,21-,22-,25-,26-/m1/s1. The summed E-state index contributed by atoms with van der Waals surface area (Å²) in [5.74, 6) is -1.82. The monoisotopic (exact) mass is 494 g/mol. The maximum absolute atomic E-state index is 12.8. The number of aliphatic carboxylic acids is 1. The minimum Gasteiger partial charge on any atom is -0.508 e. The maximum Gasteiger partial charge on any atom is 0.340 e. The predicted molar refractivity (Wildman–Crippen MR) is 121 cm³/mol. The van der Waals surface area contributed by atoms with Gasteiger partial charge in [-0.2, -0.15) is 0 Å². The Labute approximate surface area is 204 Å². The molecule has 0 bridgehead atoms. The molecule has 3 aromatic carbocycles. The number of ether oxygens (including phenoxy) is 3. The van der Waals surface area contributed by atoms with Crippen molar-refractivity contribution in [1.29, 1.82) is 0 Å². The third kappa shape index (κ3) is 3.76. The van der Waals surface area contributed by atoms with Gasteiger partial charge in [0.1, 0.15) is 29.8 Å². The molecule has 1 saturated heterocycles. The van der Waals surface area contributed by atoms with Crippen molar-refractivity contribution >= 4 is 11.9 Å². The van der Waals surface area contributed by atoms with Crippen molar-refractivity contribution in [1.82, 2.24) is 0 Å². The fraction of sp³-hybridized carbons (Fsp3) is 0.231. The van der Waals surface area contributed by atoms with E-state index in [0.29, 0.717) is 22.3 Å². The first kappa shape index (κ1) is 23.8. The Morgan fingerprint density at radius 2 is 1.44 bits per heavy atom. The molecule has 0 saturated carbocycles. The van der Waals surface area contributed by atoms with Crippen molar-refractivity contribution in [2.45, 2.75) is 36.3 Å². The number of fused-ring (bicyclic) bond motifs is 1. The highest BCUT2D eigenvalue weighted by Gasteiger charge is 2.49. The number of phenols is 1. The first-order valence-corrected chi connectivity index (χ1v) is 11.0. The molecule has 0 spiro atoms. The van der Waals surface area contributed by atoms with Gasteiger partial charge in [0.05, 0.1) is 5.56 Å². The van der Waals surface area contributed by atoms with Gasteiger partial charge in [0.2, 0.25) is 6.29 Å². The summed E-state index contributed by atoms with van der Waals surface area (Å²) in [6.07, 6.45) is -8.69. The molecule has 36 heavy (non-hydrogen) atoms. The number of carboxylic acids is 1. The number of hydrogen-bond acceptors (Lipinski definition) is 9. The second kappa shape index (κ2) is 8.92. The van der Waals surface area contributed by atoms with Crippen LogP contribution in [-0.4, -0.2) is 68.2 Å². The van der Waals surface area contributed by atoms with Gasteiger partial charge in [-0.1, -0.05) is 42.5 Å². The summed E-state index contributed by atoms with van der Waals surface area (Å²) in [5, 5.41) is 49.1. The summed E-state index contributed by atoms with van der Waals surface area (Å²) in [4.78, 5) is 24.1. The molecule has 186 valence electrons. The van der Waals surface area contributed by atoms with Crippen LogP contribution in [0, 0.1) is 0 Å². The summed E-state index contributed by atoms with van der Waals surface area (Å²) in [6, 6.07) is 19.5. The number of phenolic OH excluding ortho intramolecular Hbond substituents is 1. The Morgan fingerprint density at radius 3 is 2.08 bits per heavy atom. The highest BCUT2D eigenvalue weighted by atomic mass is 16.7. The summed E-state index contributed by atoms with van der Waals surface area (Å²) >= 11 is 0. The molecule has 1 fully saturated rings. The van der Waals surface area contributed by atoms with Crippen LogP contribution in [-0.2, 0) is 19.9 Å². The largest absolute Gasteiger partial charge is 0.508 e. The predicted octanol–water partition coefficient (Wildman–Crippen LogP) is 1.13. The Kier molecular flexibility index (Phi) is 5.89. The van der Waals surface area contributed by atoms with Gasteiger partial charge < -0.3 is 39.7 Å². The molecule has 10 heteroatoms. The van der Waals surface area contributed by atoms with E-state index in [4.69, 9.17) is 14.2 Å². The number of aliphatic hydroxyl groups is 3. The third-order valence-corrected chi connectivity index (χ3v) is 6.37. The van der Waals surface area contributed by atoms with E-state index in [1.807, 2.05) is 0 Å². The third-order valence-electron chi connectivity index (χ3n) is 6.37. The molecule has 3 aromatic rings. The van der Waals surface area contributed by atoms with Crippen LogP contribution in [0.4, 0.5) is 0 Å². The fourth-order valence-corrected chi connectivity index (χ4v) is 4.56. The highest BCUT2D eigenvalue weighted by Crippen LogP contribution is 2.47. The lowest BCUT2D eigenvalue weighted by molar-refractivity contribution is -0.271. The van der Waals surface area contributed by atoms with Gasteiger partial charge in [-0.05, 0) is 30.3 Å². The van der Waals surface area contributed by atoms with Crippen LogP contribution in [0.1, 0.15) is 27.0 Å². The van der Waals surface area contributed by atoms with Gasteiger partial charge in [0, 0.05) is 16.7 Å². The Bertz CT molecular complexity index is 1290. The summed E-state index contributed by atoms with van der Waals surface area (Å²) in [7, 11) is 0. The van der Waals surface area contributed by atoms with E-state index in [1.165, 1.54) is 24.3 Å². The van der Waals surface area contributed by atoms with Gasteiger partial charge in [-0.15, -0.1) is 0 Å². The van der Waals surface area contributed by atoms with Gasteiger partial charge in [-0.25, -0.2) is 9.59 Å². The minimum absolute atomic E-state index is 0.0493. The first-order chi connectivity index (χ1) is 17.2. The van der Waals surface area contributed by atoms with Crippen molar-refractivity contribution in [2.24, 2.45) is 0 Å². The van der Waals surface area contributed by atoms with Crippen LogP contribution < -0.4 is 4.74 Å². The van der Waals surface area contributed by atoms with Crippen LogP contribution in [0.15, 0.2) is 72.8 Å². The molecule has 5 N–H and O–H groups in total. The first-order valence-electron chi connectivity index (χ1n) is 11.0. The molecule has 0 unspecified atom stereocenters. The Morgan fingerprint density at radius 1 is 0.833 bits per heavy atom. The molecule has 0 radical (unpaired) electrons. The molecule has 10 nitrogen and oxygen atoms in total. The SMILES string of the molecule is O=C1O[C@](c2ccc(O)cc2)(c2ccc(O[C@@H]3O[C@@H](C(=O)O)[C@@H](O)[C@@H](O)[C@H]3O)cc2)c2ccccc21. The summed E-state index contributed by atoms with van der Waals surface area (Å²) in [5.41, 5.74) is 0.858. The number of carbonyl (C=O) groups is 2. The van der Waals surface area contributed by atoms with Crippen LogP contribution in [0.2, 0.25) is 0 Å².